The number of H-pyrrole nitrogens is 1. The molecule has 2 heterocycles. The van der Waals surface area contributed by atoms with Crippen LogP contribution in [0.4, 0.5) is 0 Å². The Kier molecular flexibility index (Phi) is 3.73. The molecule has 0 spiro atoms. The molecule has 0 amide bonds. The molecule has 0 fully saturated rings. The van der Waals surface area contributed by atoms with Gasteiger partial charge < -0.3 is 5.11 Å². The van der Waals surface area contributed by atoms with E-state index in [2.05, 4.69) is 10.2 Å². The second-order valence-electron chi connectivity index (χ2n) is 5.67. The smallest absolute Gasteiger partial charge is 0.356 e. The first kappa shape index (κ1) is 15.7. The highest BCUT2D eigenvalue weighted by Gasteiger charge is 2.32. The minimum atomic E-state index is -3.62. The van der Waals surface area contributed by atoms with Crippen LogP contribution in [0.3, 0.4) is 0 Å². The van der Waals surface area contributed by atoms with Crippen molar-refractivity contribution in [2.24, 2.45) is 0 Å². The van der Waals surface area contributed by atoms with E-state index in [0.717, 1.165) is 11.1 Å². The van der Waals surface area contributed by atoms with Crippen molar-refractivity contribution >= 4 is 16.0 Å². The Bertz CT molecular complexity index is 886. The molecule has 0 unspecified atom stereocenters. The van der Waals surface area contributed by atoms with Crippen LogP contribution in [-0.4, -0.2) is 40.5 Å². The molecule has 0 radical (unpaired) electrons. The van der Waals surface area contributed by atoms with E-state index >= 15 is 0 Å². The molecule has 1 aliphatic rings. The summed E-state index contributed by atoms with van der Waals surface area (Å²) in [7, 11) is -3.62. The molecule has 0 saturated heterocycles. The normalized spacial score (nSPS) is 15.4. The zero-order valence-electron chi connectivity index (χ0n) is 12.8. The molecule has 23 heavy (non-hydrogen) atoms. The maximum atomic E-state index is 12.8. The quantitative estimate of drug-likeness (QED) is 0.884. The van der Waals surface area contributed by atoms with Gasteiger partial charge in [0.2, 0.25) is 10.0 Å². The molecule has 1 aromatic heterocycles. The first-order valence-corrected chi connectivity index (χ1v) is 8.61. The van der Waals surface area contributed by atoms with Crippen LogP contribution >= 0.6 is 0 Å². The Balaban J connectivity index is 1.93. The SMILES string of the molecule is Cc1ccc(S(=O)(=O)N2CCc3c(C(=O)O)n[nH]c3C2)cc1C. The molecule has 2 N–H and O–H groups in total. The fraction of sp³-hybridized carbons (Fsp3) is 0.333. The van der Waals surface area contributed by atoms with Crippen LogP contribution in [0.15, 0.2) is 23.1 Å². The fourth-order valence-electron chi connectivity index (χ4n) is 2.70. The number of sulfonamides is 1. The molecule has 0 aliphatic carbocycles. The largest absolute Gasteiger partial charge is 0.476 e. The van der Waals surface area contributed by atoms with Crippen molar-refractivity contribution < 1.29 is 18.3 Å². The number of nitrogens with one attached hydrogen (secondary N) is 1. The Hall–Kier alpha value is -2.19. The number of carboxylic acids is 1. The summed E-state index contributed by atoms with van der Waals surface area (Å²) in [4.78, 5) is 11.3. The van der Waals surface area contributed by atoms with Crippen molar-refractivity contribution in [1.29, 1.82) is 0 Å². The number of hydrogen-bond acceptors (Lipinski definition) is 4. The minimum Gasteiger partial charge on any atom is -0.476 e. The molecule has 1 aromatic carbocycles. The number of hydrogen-bond donors (Lipinski definition) is 2. The molecule has 7 nitrogen and oxygen atoms in total. The molecular weight excluding hydrogens is 318 g/mol. The maximum Gasteiger partial charge on any atom is 0.356 e. The van der Waals surface area contributed by atoms with Crippen LogP contribution in [0.2, 0.25) is 0 Å². The lowest BCUT2D eigenvalue weighted by Gasteiger charge is -2.26. The predicted molar refractivity (Wildman–Crippen MR) is 82.8 cm³/mol. The van der Waals surface area contributed by atoms with Gasteiger partial charge in [0.1, 0.15) is 0 Å². The lowest BCUT2D eigenvalue weighted by molar-refractivity contribution is 0.0689. The Morgan fingerprint density at radius 3 is 2.70 bits per heavy atom. The summed E-state index contributed by atoms with van der Waals surface area (Å²) in [5.74, 6) is -1.10. The van der Waals surface area contributed by atoms with Crippen LogP contribution in [0.5, 0.6) is 0 Å². The van der Waals surface area contributed by atoms with Crippen molar-refractivity contribution in [1.82, 2.24) is 14.5 Å². The predicted octanol–water partition coefficient (Wildman–Crippen LogP) is 1.47. The van der Waals surface area contributed by atoms with Gasteiger partial charge in [0.25, 0.3) is 0 Å². The topological polar surface area (TPSA) is 103 Å². The van der Waals surface area contributed by atoms with Crippen molar-refractivity contribution in [3.05, 3.63) is 46.3 Å². The summed E-state index contributed by atoms with van der Waals surface area (Å²) in [6, 6.07) is 5.05. The number of aromatic nitrogens is 2. The highest BCUT2D eigenvalue weighted by molar-refractivity contribution is 7.89. The van der Waals surface area contributed by atoms with E-state index in [1.165, 1.54) is 4.31 Å². The van der Waals surface area contributed by atoms with Gasteiger partial charge in [-0.05, 0) is 43.5 Å². The molecule has 3 rings (SSSR count). The van der Waals surface area contributed by atoms with E-state index in [-0.39, 0.29) is 23.7 Å². The number of rotatable bonds is 3. The third kappa shape index (κ3) is 2.64. The number of aryl methyl sites for hydroxylation is 2. The Morgan fingerprint density at radius 2 is 2.04 bits per heavy atom. The van der Waals surface area contributed by atoms with Crippen LogP contribution < -0.4 is 0 Å². The van der Waals surface area contributed by atoms with Crippen LogP contribution in [0.25, 0.3) is 0 Å². The molecule has 1 aliphatic heterocycles. The zero-order valence-corrected chi connectivity index (χ0v) is 13.6. The van der Waals surface area contributed by atoms with Crippen molar-refractivity contribution in [2.75, 3.05) is 6.54 Å². The first-order valence-electron chi connectivity index (χ1n) is 7.17. The van der Waals surface area contributed by atoms with Crippen LogP contribution in [-0.2, 0) is 23.0 Å². The van der Waals surface area contributed by atoms with Crippen LogP contribution in [0.1, 0.15) is 32.9 Å². The van der Waals surface area contributed by atoms with Gasteiger partial charge in [-0.1, -0.05) is 6.07 Å². The number of aromatic amines is 1. The van der Waals surface area contributed by atoms with Crippen molar-refractivity contribution in [3.63, 3.8) is 0 Å². The van der Waals surface area contributed by atoms with Gasteiger partial charge >= 0.3 is 5.97 Å². The van der Waals surface area contributed by atoms with E-state index in [9.17, 15) is 13.2 Å². The number of fused-ring (bicyclic) bond motifs is 1. The van der Waals surface area contributed by atoms with E-state index in [1.807, 2.05) is 13.8 Å². The first-order chi connectivity index (χ1) is 10.8. The Labute approximate surface area is 134 Å². The van der Waals surface area contributed by atoms with Gasteiger partial charge in [-0.3, -0.25) is 5.10 Å². The summed E-state index contributed by atoms with van der Waals surface area (Å²) < 4.78 is 26.9. The highest BCUT2D eigenvalue weighted by Crippen LogP contribution is 2.26. The molecule has 0 saturated carbocycles. The van der Waals surface area contributed by atoms with E-state index in [4.69, 9.17) is 5.11 Å². The lowest BCUT2D eigenvalue weighted by Crippen LogP contribution is -2.36. The van der Waals surface area contributed by atoms with Gasteiger partial charge in [-0.2, -0.15) is 9.40 Å². The third-order valence-corrected chi connectivity index (χ3v) is 6.06. The number of aromatic carboxylic acids is 1. The molecule has 2 aromatic rings. The van der Waals surface area contributed by atoms with Gasteiger partial charge in [0.05, 0.1) is 17.1 Å². The molecule has 0 bridgehead atoms. The standard InChI is InChI=1S/C15H17N3O4S/c1-9-3-4-11(7-10(9)2)23(21,22)18-6-5-12-13(8-18)16-17-14(12)15(19)20/h3-4,7H,5-6,8H2,1-2H3,(H,16,17)(H,19,20). The third-order valence-electron chi connectivity index (χ3n) is 4.22. The minimum absolute atomic E-state index is 0.0248. The average molecular weight is 335 g/mol. The average Bonchev–Trinajstić information content (AvgIpc) is 2.93. The number of benzene rings is 1. The monoisotopic (exact) mass is 335 g/mol. The summed E-state index contributed by atoms with van der Waals surface area (Å²) in [5.41, 5.74) is 3.05. The zero-order chi connectivity index (χ0) is 16.8. The number of carbonyl (C=O) groups is 1. The number of nitrogens with zero attached hydrogens (tertiary/aromatic N) is 2. The van der Waals surface area contributed by atoms with Gasteiger partial charge in [0, 0.05) is 12.1 Å². The summed E-state index contributed by atoms with van der Waals surface area (Å²) in [5, 5.41) is 15.5. The lowest BCUT2D eigenvalue weighted by atomic mass is 10.1. The number of carboxylic acid groups (broad SMARTS) is 1. The Morgan fingerprint density at radius 1 is 1.30 bits per heavy atom. The van der Waals surface area contributed by atoms with Crippen molar-refractivity contribution in [2.45, 2.75) is 31.7 Å². The molecule has 0 atom stereocenters. The van der Waals surface area contributed by atoms with E-state index in [1.54, 1.807) is 18.2 Å². The van der Waals surface area contributed by atoms with Crippen LogP contribution in [0, 0.1) is 13.8 Å². The summed E-state index contributed by atoms with van der Waals surface area (Å²) in [6.07, 6.45) is 0.331. The maximum absolute atomic E-state index is 12.8. The second kappa shape index (κ2) is 5.47. The van der Waals surface area contributed by atoms with E-state index in [0.29, 0.717) is 17.7 Å². The second-order valence-corrected chi connectivity index (χ2v) is 7.61. The molecule has 8 heteroatoms. The summed E-state index contributed by atoms with van der Waals surface area (Å²) >= 11 is 0. The highest BCUT2D eigenvalue weighted by atomic mass is 32.2. The van der Waals surface area contributed by atoms with Gasteiger partial charge in [-0.15, -0.1) is 0 Å². The summed E-state index contributed by atoms with van der Waals surface area (Å²) in [6.45, 7) is 4.14. The van der Waals surface area contributed by atoms with E-state index < -0.39 is 16.0 Å². The fourth-order valence-corrected chi connectivity index (χ4v) is 4.19. The van der Waals surface area contributed by atoms with Gasteiger partial charge in [-0.25, -0.2) is 13.2 Å². The van der Waals surface area contributed by atoms with Crippen molar-refractivity contribution in [3.8, 4) is 0 Å². The molecular formula is C15H17N3O4S. The van der Waals surface area contributed by atoms with Gasteiger partial charge in [0.15, 0.2) is 5.69 Å². The molecule has 122 valence electrons.